The Kier molecular flexibility index (Phi) is 5.77. The van der Waals surface area contributed by atoms with Gasteiger partial charge >= 0.3 is 6.18 Å². The summed E-state index contributed by atoms with van der Waals surface area (Å²) < 4.78 is 52.0. The molecule has 1 aromatic carbocycles. The average molecular weight is 436 g/mol. The molecule has 0 spiro atoms. The molecule has 31 heavy (non-hydrogen) atoms. The molecule has 0 aliphatic heterocycles. The lowest BCUT2D eigenvalue weighted by Gasteiger charge is -2.33. The summed E-state index contributed by atoms with van der Waals surface area (Å²) in [6, 6.07) is 10.8. The smallest absolute Gasteiger partial charge is 0.411 e. The van der Waals surface area contributed by atoms with Crippen LogP contribution < -0.4 is 5.32 Å². The van der Waals surface area contributed by atoms with Crippen LogP contribution in [0, 0.1) is 0 Å². The number of nitrogens with one attached hydrogen (secondary N) is 1. The van der Waals surface area contributed by atoms with Gasteiger partial charge < -0.3 is 19.0 Å². The van der Waals surface area contributed by atoms with Crippen molar-refractivity contribution in [3.8, 4) is 11.3 Å². The lowest BCUT2D eigenvalue weighted by Crippen LogP contribution is -2.43. The predicted octanol–water partition coefficient (Wildman–Crippen LogP) is 4.04. The van der Waals surface area contributed by atoms with Gasteiger partial charge in [0.2, 0.25) is 17.5 Å². The Morgan fingerprint density at radius 1 is 1.26 bits per heavy atom. The summed E-state index contributed by atoms with van der Waals surface area (Å²) in [5.74, 6) is -0.0525. The second kappa shape index (κ2) is 8.50. The van der Waals surface area contributed by atoms with Crippen molar-refractivity contribution < 1.29 is 31.6 Å². The standard InChI is InChI=1S/C20H19F3N4O4/c1-11(29-10-20(21,22)23)18-25-26-19(30-18)13-7-14(8-13)24-17(28)16-9-15(27-31-16)12-5-3-2-4-6-12/h2-6,9,11,13-14H,7-8,10H2,1H3,(H,24,28). The van der Waals surface area contributed by atoms with Crippen LogP contribution in [-0.4, -0.2) is 40.1 Å². The minimum absolute atomic E-state index is 0.0122. The van der Waals surface area contributed by atoms with E-state index in [4.69, 9.17) is 13.7 Å². The molecular formula is C20H19F3N4O4. The van der Waals surface area contributed by atoms with E-state index in [1.807, 2.05) is 30.3 Å². The summed E-state index contributed by atoms with van der Waals surface area (Å²) in [6.07, 6.45) is -4.28. The van der Waals surface area contributed by atoms with Crippen LogP contribution >= 0.6 is 0 Å². The third-order valence-electron chi connectivity index (χ3n) is 4.93. The molecule has 8 nitrogen and oxygen atoms in total. The lowest BCUT2D eigenvalue weighted by atomic mass is 9.80. The molecule has 1 atom stereocenters. The van der Waals surface area contributed by atoms with E-state index in [1.165, 1.54) is 6.92 Å². The molecule has 1 amide bonds. The zero-order valence-electron chi connectivity index (χ0n) is 16.4. The van der Waals surface area contributed by atoms with Gasteiger partial charge in [-0.3, -0.25) is 4.79 Å². The molecular weight excluding hydrogens is 417 g/mol. The number of ether oxygens (including phenoxy) is 1. The van der Waals surface area contributed by atoms with Gasteiger partial charge in [0, 0.05) is 23.6 Å². The van der Waals surface area contributed by atoms with E-state index in [9.17, 15) is 18.0 Å². The van der Waals surface area contributed by atoms with Crippen molar-refractivity contribution in [3.63, 3.8) is 0 Å². The van der Waals surface area contributed by atoms with Crippen molar-refractivity contribution in [2.45, 2.75) is 44.0 Å². The van der Waals surface area contributed by atoms with Gasteiger partial charge in [-0.2, -0.15) is 13.2 Å². The fourth-order valence-corrected chi connectivity index (χ4v) is 3.19. The Labute approximate surface area is 174 Å². The number of halogens is 3. The summed E-state index contributed by atoms with van der Waals surface area (Å²) in [5, 5.41) is 14.4. The van der Waals surface area contributed by atoms with E-state index < -0.39 is 18.9 Å². The largest absolute Gasteiger partial charge is 0.422 e. The predicted molar refractivity (Wildman–Crippen MR) is 99.9 cm³/mol. The molecule has 164 valence electrons. The van der Waals surface area contributed by atoms with E-state index in [0.29, 0.717) is 24.4 Å². The highest BCUT2D eigenvalue weighted by molar-refractivity contribution is 5.92. The van der Waals surface area contributed by atoms with Crippen LogP contribution in [0.2, 0.25) is 0 Å². The highest BCUT2D eigenvalue weighted by atomic mass is 19.4. The fourth-order valence-electron chi connectivity index (χ4n) is 3.19. The maximum absolute atomic E-state index is 12.4. The van der Waals surface area contributed by atoms with Crippen LogP contribution in [0.25, 0.3) is 11.3 Å². The van der Waals surface area contributed by atoms with Crippen LogP contribution in [0.1, 0.15) is 54.1 Å². The Morgan fingerprint density at radius 2 is 2.00 bits per heavy atom. The number of benzene rings is 1. The second-order valence-electron chi connectivity index (χ2n) is 7.33. The van der Waals surface area contributed by atoms with Crippen molar-refractivity contribution in [2.24, 2.45) is 0 Å². The van der Waals surface area contributed by atoms with Gasteiger partial charge in [0.1, 0.15) is 18.4 Å². The first kappa shape index (κ1) is 21.0. The van der Waals surface area contributed by atoms with Gasteiger partial charge in [-0.25, -0.2) is 0 Å². The van der Waals surface area contributed by atoms with Crippen molar-refractivity contribution in [1.29, 1.82) is 0 Å². The van der Waals surface area contributed by atoms with Crippen LogP contribution in [-0.2, 0) is 4.74 Å². The Morgan fingerprint density at radius 3 is 2.71 bits per heavy atom. The van der Waals surface area contributed by atoms with Crippen molar-refractivity contribution in [1.82, 2.24) is 20.7 Å². The first-order chi connectivity index (χ1) is 14.8. The van der Waals surface area contributed by atoms with E-state index >= 15 is 0 Å². The monoisotopic (exact) mass is 436 g/mol. The van der Waals surface area contributed by atoms with E-state index in [2.05, 4.69) is 20.7 Å². The number of hydrogen-bond donors (Lipinski definition) is 1. The molecule has 0 radical (unpaired) electrons. The van der Waals surface area contributed by atoms with E-state index in [-0.39, 0.29) is 29.5 Å². The number of aromatic nitrogens is 3. The maximum Gasteiger partial charge on any atom is 0.411 e. The number of carbonyl (C=O) groups is 1. The van der Waals surface area contributed by atoms with Crippen molar-refractivity contribution in [3.05, 3.63) is 53.9 Å². The van der Waals surface area contributed by atoms with Gasteiger partial charge in [0.05, 0.1) is 0 Å². The minimum Gasteiger partial charge on any atom is -0.422 e. The maximum atomic E-state index is 12.4. The van der Waals surface area contributed by atoms with E-state index in [0.717, 1.165) is 5.56 Å². The summed E-state index contributed by atoms with van der Waals surface area (Å²) in [5.41, 5.74) is 1.41. The first-order valence-electron chi connectivity index (χ1n) is 9.63. The Bertz CT molecular complexity index is 1030. The second-order valence-corrected chi connectivity index (χ2v) is 7.33. The highest BCUT2D eigenvalue weighted by Crippen LogP contribution is 2.37. The van der Waals surface area contributed by atoms with Crippen molar-refractivity contribution in [2.75, 3.05) is 6.61 Å². The molecule has 2 aromatic heterocycles. The zero-order chi connectivity index (χ0) is 22.0. The zero-order valence-corrected chi connectivity index (χ0v) is 16.4. The molecule has 1 aliphatic rings. The molecule has 0 bridgehead atoms. The SMILES string of the molecule is CC(OCC(F)(F)F)c1nnc(C2CC(NC(=O)c3cc(-c4ccccc4)no3)C2)o1. The molecule has 1 unspecified atom stereocenters. The molecule has 1 fully saturated rings. The number of amides is 1. The van der Waals surface area contributed by atoms with Gasteiger partial charge in [-0.05, 0) is 19.8 Å². The van der Waals surface area contributed by atoms with Crippen LogP contribution in [0.4, 0.5) is 13.2 Å². The summed E-state index contributed by atoms with van der Waals surface area (Å²) in [7, 11) is 0. The van der Waals surface area contributed by atoms with Gasteiger partial charge in [0.15, 0.2) is 0 Å². The summed E-state index contributed by atoms with van der Waals surface area (Å²) in [6.45, 7) is 0.0188. The van der Waals surface area contributed by atoms with Crippen LogP contribution in [0.3, 0.4) is 0 Å². The molecule has 3 aromatic rings. The number of rotatable bonds is 7. The molecule has 1 saturated carbocycles. The molecule has 2 heterocycles. The quantitative estimate of drug-likeness (QED) is 0.596. The minimum atomic E-state index is -4.43. The third kappa shape index (κ3) is 5.10. The molecule has 11 heteroatoms. The summed E-state index contributed by atoms with van der Waals surface area (Å²) >= 11 is 0. The molecule has 1 N–H and O–H groups in total. The first-order valence-corrected chi connectivity index (χ1v) is 9.63. The van der Waals surface area contributed by atoms with Gasteiger partial charge in [0.25, 0.3) is 5.91 Å². The van der Waals surface area contributed by atoms with Crippen LogP contribution in [0.5, 0.6) is 0 Å². The lowest BCUT2D eigenvalue weighted by molar-refractivity contribution is -0.186. The Balaban J connectivity index is 1.27. The van der Waals surface area contributed by atoms with Gasteiger partial charge in [-0.1, -0.05) is 35.5 Å². The molecule has 4 rings (SSSR count). The van der Waals surface area contributed by atoms with E-state index in [1.54, 1.807) is 6.07 Å². The normalized spacial score (nSPS) is 19.6. The van der Waals surface area contributed by atoms with Crippen molar-refractivity contribution >= 4 is 5.91 Å². The highest BCUT2D eigenvalue weighted by Gasteiger charge is 2.36. The molecule has 0 saturated heterocycles. The van der Waals surface area contributed by atoms with Crippen LogP contribution in [0.15, 0.2) is 45.3 Å². The number of alkyl halides is 3. The number of hydrogen-bond acceptors (Lipinski definition) is 7. The molecule has 1 aliphatic carbocycles. The summed E-state index contributed by atoms with van der Waals surface area (Å²) in [4.78, 5) is 12.4. The average Bonchev–Trinajstić information content (AvgIpc) is 3.38. The topological polar surface area (TPSA) is 103 Å². The number of carbonyl (C=O) groups excluding carboxylic acids is 1. The number of nitrogens with zero attached hydrogens (tertiary/aromatic N) is 3. The Hall–Kier alpha value is -3.21. The third-order valence-corrected chi connectivity index (χ3v) is 4.93. The van der Waals surface area contributed by atoms with Gasteiger partial charge in [-0.15, -0.1) is 10.2 Å². The fraction of sp³-hybridized carbons (Fsp3) is 0.400.